The van der Waals surface area contributed by atoms with Crippen molar-refractivity contribution < 1.29 is 0 Å². The van der Waals surface area contributed by atoms with Crippen molar-refractivity contribution in [3.8, 4) is 5.82 Å². The standard InChI is InChI=1S/C15H17N5/c1-11(2)17-8-13-7-12-5-3-4-6-14(12)15(19-13)20-10-16-9-18-20/h3-7,9-11,17H,8H2,1-2H3. The maximum Gasteiger partial charge on any atom is 0.163 e. The fourth-order valence-electron chi connectivity index (χ4n) is 2.13. The molecule has 3 aromatic rings. The van der Waals surface area contributed by atoms with Crippen molar-refractivity contribution in [1.29, 1.82) is 0 Å². The Kier molecular flexibility index (Phi) is 3.43. The number of pyridine rings is 1. The van der Waals surface area contributed by atoms with Crippen LogP contribution in [0.2, 0.25) is 0 Å². The zero-order valence-corrected chi connectivity index (χ0v) is 11.6. The van der Waals surface area contributed by atoms with Crippen LogP contribution < -0.4 is 5.32 Å². The third-order valence-electron chi connectivity index (χ3n) is 3.10. The summed E-state index contributed by atoms with van der Waals surface area (Å²) in [6.45, 7) is 4.99. The lowest BCUT2D eigenvalue weighted by Crippen LogP contribution is -2.22. The molecule has 5 nitrogen and oxygen atoms in total. The van der Waals surface area contributed by atoms with E-state index in [1.807, 2.05) is 12.1 Å². The summed E-state index contributed by atoms with van der Waals surface area (Å²) in [6, 6.07) is 10.7. The summed E-state index contributed by atoms with van der Waals surface area (Å²) in [5.41, 5.74) is 1.00. The number of nitrogens with one attached hydrogen (secondary N) is 1. The molecule has 1 N–H and O–H groups in total. The first-order valence-electron chi connectivity index (χ1n) is 6.71. The van der Waals surface area contributed by atoms with Gasteiger partial charge in [0.05, 0.1) is 5.69 Å². The van der Waals surface area contributed by atoms with Gasteiger partial charge < -0.3 is 5.32 Å². The fourth-order valence-corrected chi connectivity index (χ4v) is 2.13. The smallest absolute Gasteiger partial charge is 0.163 e. The van der Waals surface area contributed by atoms with Crippen molar-refractivity contribution in [2.75, 3.05) is 0 Å². The molecule has 3 rings (SSSR count). The van der Waals surface area contributed by atoms with Crippen molar-refractivity contribution in [2.24, 2.45) is 0 Å². The zero-order chi connectivity index (χ0) is 13.9. The van der Waals surface area contributed by atoms with Crippen LogP contribution in [0.15, 0.2) is 43.0 Å². The summed E-state index contributed by atoms with van der Waals surface area (Å²) >= 11 is 0. The van der Waals surface area contributed by atoms with Crippen LogP contribution in [0.4, 0.5) is 0 Å². The number of aromatic nitrogens is 4. The van der Waals surface area contributed by atoms with E-state index >= 15 is 0 Å². The molecule has 0 saturated carbocycles. The highest BCUT2D eigenvalue weighted by molar-refractivity contribution is 5.88. The van der Waals surface area contributed by atoms with E-state index in [0.717, 1.165) is 28.8 Å². The van der Waals surface area contributed by atoms with E-state index in [4.69, 9.17) is 4.98 Å². The molecule has 0 aliphatic carbocycles. The Labute approximate surface area is 117 Å². The Bertz CT molecular complexity index is 703. The van der Waals surface area contributed by atoms with Crippen LogP contribution in [-0.4, -0.2) is 25.8 Å². The Morgan fingerprint density at radius 3 is 2.85 bits per heavy atom. The van der Waals surface area contributed by atoms with Crippen LogP contribution in [0.5, 0.6) is 0 Å². The van der Waals surface area contributed by atoms with E-state index in [-0.39, 0.29) is 0 Å². The molecule has 0 saturated heterocycles. The highest BCUT2D eigenvalue weighted by Crippen LogP contribution is 2.21. The summed E-state index contributed by atoms with van der Waals surface area (Å²) in [4.78, 5) is 8.72. The number of hydrogen-bond acceptors (Lipinski definition) is 4. The number of fused-ring (bicyclic) bond motifs is 1. The van der Waals surface area contributed by atoms with Crippen molar-refractivity contribution in [1.82, 2.24) is 25.1 Å². The van der Waals surface area contributed by atoms with Crippen LogP contribution in [0.3, 0.4) is 0 Å². The topological polar surface area (TPSA) is 55.6 Å². The predicted octanol–water partition coefficient (Wildman–Crippen LogP) is 2.31. The predicted molar refractivity (Wildman–Crippen MR) is 78.6 cm³/mol. The van der Waals surface area contributed by atoms with Gasteiger partial charge in [-0.15, -0.1) is 0 Å². The molecule has 2 heterocycles. The average molecular weight is 267 g/mol. The molecular weight excluding hydrogens is 250 g/mol. The molecule has 0 radical (unpaired) electrons. The van der Waals surface area contributed by atoms with Crippen LogP contribution >= 0.6 is 0 Å². The molecule has 0 fully saturated rings. The lowest BCUT2D eigenvalue weighted by Gasteiger charge is -2.11. The maximum atomic E-state index is 4.71. The molecule has 0 aliphatic heterocycles. The number of hydrogen-bond donors (Lipinski definition) is 1. The quantitative estimate of drug-likeness (QED) is 0.788. The van der Waals surface area contributed by atoms with Crippen LogP contribution in [0.1, 0.15) is 19.5 Å². The molecule has 0 aliphatic rings. The first-order valence-corrected chi connectivity index (χ1v) is 6.71. The highest BCUT2D eigenvalue weighted by atomic mass is 15.3. The van der Waals surface area contributed by atoms with Gasteiger partial charge in [-0.25, -0.2) is 14.6 Å². The third kappa shape index (κ3) is 2.53. The summed E-state index contributed by atoms with van der Waals surface area (Å²) < 4.78 is 1.71. The fraction of sp³-hybridized carbons (Fsp3) is 0.267. The molecule has 0 spiro atoms. The van der Waals surface area contributed by atoms with Gasteiger partial charge in [0.1, 0.15) is 12.7 Å². The first-order chi connectivity index (χ1) is 9.74. The van der Waals surface area contributed by atoms with Gasteiger partial charge in [0.15, 0.2) is 5.82 Å². The molecule has 0 amide bonds. The second kappa shape index (κ2) is 5.38. The summed E-state index contributed by atoms with van der Waals surface area (Å²) in [6.07, 6.45) is 3.20. The van der Waals surface area contributed by atoms with Gasteiger partial charge in [-0.1, -0.05) is 38.1 Å². The Morgan fingerprint density at radius 1 is 1.25 bits per heavy atom. The Balaban J connectivity index is 2.10. The number of nitrogens with zero attached hydrogens (tertiary/aromatic N) is 4. The van der Waals surface area contributed by atoms with E-state index in [1.165, 1.54) is 6.33 Å². The largest absolute Gasteiger partial charge is 0.309 e. The average Bonchev–Trinajstić information content (AvgIpc) is 2.98. The SMILES string of the molecule is CC(C)NCc1cc2ccccc2c(-n2cncn2)n1. The van der Waals surface area contributed by atoms with Gasteiger partial charge >= 0.3 is 0 Å². The summed E-state index contributed by atoms with van der Waals surface area (Å²) in [7, 11) is 0. The third-order valence-corrected chi connectivity index (χ3v) is 3.10. The molecule has 102 valence electrons. The van der Waals surface area contributed by atoms with Crippen molar-refractivity contribution >= 4 is 10.8 Å². The van der Waals surface area contributed by atoms with Gasteiger partial charge in [-0.2, -0.15) is 5.10 Å². The monoisotopic (exact) mass is 267 g/mol. The summed E-state index contributed by atoms with van der Waals surface area (Å²) in [5.74, 6) is 0.821. The van der Waals surface area contributed by atoms with Crippen molar-refractivity contribution in [3.63, 3.8) is 0 Å². The van der Waals surface area contributed by atoms with E-state index in [2.05, 4.69) is 47.4 Å². The lowest BCUT2D eigenvalue weighted by atomic mass is 10.1. The van der Waals surface area contributed by atoms with E-state index < -0.39 is 0 Å². The second-order valence-electron chi connectivity index (χ2n) is 5.03. The van der Waals surface area contributed by atoms with E-state index in [1.54, 1.807) is 11.0 Å². The Hall–Kier alpha value is -2.27. The molecule has 0 unspecified atom stereocenters. The first kappa shape index (κ1) is 12.7. The lowest BCUT2D eigenvalue weighted by molar-refractivity contribution is 0.581. The second-order valence-corrected chi connectivity index (χ2v) is 5.03. The molecule has 2 aromatic heterocycles. The molecule has 0 bridgehead atoms. The van der Waals surface area contributed by atoms with Gasteiger partial charge in [0.25, 0.3) is 0 Å². The summed E-state index contributed by atoms with van der Waals surface area (Å²) in [5, 5.41) is 9.82. The van der Waals surface area contributed by atoms with E-state index in [9.17, 15) is 0 Å². The zero-order valence-electron chi connectivity index (χ0n) is 11.6. The number of benzene rings is 1. The van der Waals surface area contributed by atoms with Gasteiger partial charge in [-0.05, 0) is 11.5 Å². The van der Waals surface area contributed by atoms with Crippen LogP contribution in [0, 0.1) is 0 Å². The van der Waals surface area contributed by atoms with Gasteiger partial charge in [0, 0.05) is 18.0 Å². The molecule has 1 aromatic carbocycles. The van der Waals surface area contributed by atoms with Gasteiger partial charge in [0.2, 0.25) is 0 Å². The van der Waals surface area contributed by atoms with Gasteiger partial charge in [-0.3, -0.25) is 0 Å². The van der Waals surface area contributed by atoms with Crippen LogP contribution in [0.25, 0.3) is 16.6 Å². The maximum absolute atomic E-state index is 4.71. The van der Waals surface area contributed by atoms with Crippen molar-refractivity contribution in [2.45, 2.75) is 26.4 Å². The molecule has 5 heteroatoms. The Morgan fingerprint density at radius 2 is 2.10 bits per heavy atom. The normalized spacial score (nSPS) is 11.3. The molecule has 0 atom stereocenters. The minimum absolute atomic E-state index is 0.429. The number of rotatable bonds is 4. The van der Waals surface area contributed by atoms with Crippen molar-refractivity contribution in [3.05, 3.63) is 48.7 Å². The molecular formula is C15H17N5. The minimum Gasteiger partial charge on any atom is -0.309 e. The highest BCUT2D eigenvalue weighted by Gasteiger charge is 2.08. The van der Waals surface area contributed by atoms with E-state index in [0.29, 0.717) is 6.04 Å². The minimum atomic E-state index is 0.429. The van der Waals surface area contributed by atoms with Crippen LogP contribution in [-0.2, 0) is 6.54 Å². The molecule has 20 heavy (non-hydrogen) atoms.